The lowest BCUT2D eigenvalue weighted by Crippen LogP contribution is -2.44. The number of para-hydroxylation sites is 1. The second kappa shape index (κ2) is 10.9. The van der Waals surface area contributed by atoms with E-state index in [1.807, 2.05) is 0 Å². The first kappa shape index (κ1) is 20.3. The molecule has 3 rings (SSSR count). The maximum Gasteiger partial charge on any atom is 0.191 e. The van der Waals surface area contributed by atoms with Gasteiger partial charge in [0.2, 0.25) is 0 Å². The number of anilines is 1. The highest BCUT2D eigenvalue weighted by atomic mass is 127. The largest absolute Gasteiger partial charge is 0.371 e. The number of benzene rings is 1. The van der Waals surface area contributed by atoms with Crippen LogP contribution in [-0.4, -0.2) is 38.2 Å². The van der Waals surface area contributed by atoms with Gasteiger partial charge in [-0.15, -0.1) is 24.0 Å². The third-order valence-corrected chi connectivity index (χ3v) is 5.21. The first-order valence-electron chi connectivity index (χ1n) is 9.70. The summed E-state index contributed by atoms with van der Waals surface area (Å²) >= 11 is 0. The Kier molecular flexibility index (Phi) is 8.85. The van der Waals surface area contributed by atoms with Gasteiger partial charge in [-0.05, 0) is 44.2 Å². The number of rotatable bonds is 5. The van der Waals surface area contributed by atoms with E-state index in [2.05, 4.69) is 52.8 Å². The van der Waals surface area contributed by atoms with Crippen LogP contribution >= 0.6 is 24.0 Å². The van der Waals surface area contributed by atoms with Crippen LogP contribution in [0.15, 0.2) is 35.3 Å². The van der Waals surface area contributed by atoms with Crippen molar-refractivity contribution in [1.82, 2.24) is 10.6 Å². The van der Waals surface area contributed by atoms with E-state index in [0.29, 0.717) is 12.0 Å². The van der Waals surface area contributed by atoms with Crippen molar-refractivity contribution in [2.45, 2.75) is 51.5 Å². The fourth-order valence-electron chi connectivity index (χ4n) is 3.84. The molecule has 140 valence electrons. The molecule has 1 aliphatic carbocycles. The van der Waals surface area contributed by atoms with Gasteiger partial charge in [0, 0.05) is 37.9 Å². The topological polar surface area (TPSA) is 39.7 Å². The predicted molar refractivity (Wildman–Crippen MR) is 118 cm³/mol. The fraction of sp³-hybridized carbons (Fsp3) is 0.650. The van der Waals surface area contributed by atoms with Crippen LogP contribution in [0.1, 0.15) is 45.4 Å². The van der Waals surface area contributed by atoms with Gasteiger partial charge in [-0.2, -0.15) is 0 Å². The lowest BCUT2D eigenvalue weighted by atomic mass is 9.96. The maximum absolute atomic E-state index is 4.89. The molecule has 0 radical (unpaired) electrons. The predicted octanol–water partition coefficient (Wildman–Crippen LogP) is 4.02. The van der Waals surface area contributed by atoms with Crippen molar-refractivity contribution in [3.63, 3.8) is 0 Å². The van der Waals surface area contributed by atoms with Crippen LogP contribution in [-0.2, 0) is 0 Å². The zero-order chi connectivity index (χ0) is 16.6. The monoisotopic (exact) mass is 456 g/mol. The average molecular weight is 456 g/mol. The Morgan fingerprint density at radius 2 is 1.88 bits per heavy atom. The smallest absolute Gasteiger partial charge is 0.191 e. The summed E-state index contributed by atoms with van der Waals surface area (Å²) in [7, 11) is 0. The molecule has 1 aromatic carbocycles. The SMILES string of the molecule is CCNC(=NCC1CCN(c2ccccc2)C1)NC1CCCCC1.I. The highest BCUT2D eigenvalue weighted by Crippen LogP contribution is 2.23. The molecule has 0 bridgehead atoms. The Hall–Kier alpha value is -0.980. The van der Waals surface area contributed by atoms with Crippen molar-refractivity contribution in [1.29, 1.82) is 0 Å². The number of halogens is 1. The van der Waals surface area contributed by atoms with Crippen LogP contribution in [0.4, 0.5) is 5.69 Å². The van der Waals surface area contributed by atoms with Crippen LogP contribution < -0.4 is 15.5 Å². The lowest BCUT2D eigenvalue weighted by molar-refractivity contribution is 0.409. The van der Waals surface area contributed by atoms with E-state index in [9.17, 15) is 0 Å². The standard InChI is InChI=1S/C20H32N4.HI/c1-2-21-20(23-18-9-5-3-6-10-18)22-15-17-13-14-24(16-17)19-11-7-4-8-12-19;/h4,7-8,11-12,17-18H,2-3,5-6,9-10,13-16H2,1H3,(H2,21,22,23);1H. The Bertz CT molecular complexity index is 514. The molecular weight excluding hydrogens is 423 g/mol. The molecule has 1 atom stereocenters. The molecule has 1 heterocycles. The molecule has 5 heteroatoms. The van der Waals surface area contributed by atoms with Gasteiger partial charge in [-0.25, -0.2) is 0 Å². The van der Waals surface area contributed by atoms with Gasteiger partial charge in [0.05, 0.1) is 0 Å². The fourth-order valence-corrected chi connectivity index (χ4v) is 3.84. The number of guanidine groups is 1. The van der Waals surface area contributed by atoms with E-state index in [1.54, 1.807) is 0 Å². The second-order valence-corrected chi connectivity index (χ2v) is 7.14. The average Bonchev–Trinajstić information content (AvgIpc) is 3.11. The Morgan fingerprint density at radius 1 is 1.12 bits per heavy atom. The summed E-state index contributed by atoms with van der Waals surface area (Å²) in [6, 6.07) is 11.4. The van der Waals surface area contributed by atoms with Crippen LogP contribution in [0.5, 0.6) is 0 Å². The Morgan fingerprint density at radius 3 is 2.60 bits per heavy atom. The van der Waals surface area contributed by atoms with E-state index in [-0.39, 0.29) is 24.0 Å². The van der Waals surface area contributed by atoms with Gasteiger partial charge < -0.3 is 15.5 Å². The van der Waals surface area contributed by atoms with Crippen molar-refractivity contribution in [2.75, 3.05) is 31.1 Å². The van der Waals surface area contributed by atoms with Crippen LogP contribution in [0.25, 0.3) is 0 Å². The van der Waals surface area contributed by atoms with E-state index in [0.717, 1.165) is 32.1 Å². The number of hydrogen-bond acceptors (Lipinski definition) is 2. The minimum atomic E-state index is 0. The van der Waals surface area contributed by atoms with Crippen molar-refractivity contribution < 1.29 is 0 Å². The number of nitrogens with zero attached hydrogens (tertiary/aromatic N) is 2. The molecule has 1 saturated heterocycles. The third-order valence-electron chi connectivity index (χ3n) is 5.21. The molecule has 0 aromatic heterocycles. The van der Waals surface area contributed by atoms with Gasteiger partial charge in [0.25, 0.3) is 0 Å². The zero-order valence-electron chi connectivity index (χ0n) is 15.4. The van der Waals surface area contributed by atoms with Gasteiger partial charge in [-0.1, -0.05) is 37.5 Å². The summed E-state index contributed by atoms with van der Waals surface area (Å²) in [5, 5.41) is 7.07. The Labute approximate surface area is 169 Å². The first-order valence-corrected chi connectivity index (χ1v) is 9.70. The first-order chi connectivity index (χ1) is 11.8. The van der Waals surface area contributed by atoms with Crippen molar-refractivity contribution >= 4 is 35.6 Å². The van der Waals surface area contributed by atoms with Gasteiger partial charge in [0.1, 0.15) is 0 Å². The highest BCUT2D eigenvalue weighted by Gasteiger charge is 2.22. The summed E-state index contributed by atoms with van der Waals surface area (Å²) in [4.78, 5) is 7.37. The van der Waals surface area contributed by atoms with Crippen molar-refractivity contribution in [2.24, 2.45) is 10.9 Å². The van der Waals surface area contributed by atoms with Gasteiger partial charge >= 0.3 is 0 Å². The molecule has 2 N–H and O–H groups in total. The number of nitrogens with one attached hydrogen (secondary N) is 2. The molecule has 2 fully saturated rings. The van der Waals surface area contributed by atoms with E-state index < -0.39 is 0 Å². The zero-order valence-corrected chi connectivity index (χ0v) is 17.7. The van der Waals surface area contributed by atoms with Gasteiger partial charge in [-0.3, -0.25) is 4.99 Å². The van der Waals surface area contributed by atoms with E-state index in [1.165, 1.54) is 44.2 Å². The summed E-state index contributed by atoms with van der Waals surface area (Å²) in [6.45, 7) is 6.27. The minimum absolute atomic E-state index is 0. The van der Waals surface area contributed by atoms with Crippen LogP contribution in [0.3, 0.4) is 0 Å². The molecule has 1 saturated carbocycles. The highest BCUT2D eigenvalue weighted by molar-refractivity contribution is 14.0. The quantitative estimate of drug-likeness (QED) is 0.400. The van der Waals surface area contributed by atoms with Crippen molar-refractivity contribution in [3.8, 4) is 0 Å². The molecule has 25 heavy (non-hydrogen) atoms. The molecule has 0 spiro atoms. The molecule has 1 unspecified atom stereocenters. The molecule has 2 aliphatic rings. The summed E-state index contributed by atoms with van der Waals surface area (Å²) in [5.41, 5.74) is 1.34. The number of hydrogen-bond donors (Lipinski definition) is 2. The molecule has 1 aliphatic heterocycles. The summed E-state index contributed by atoms with van der Waals surface area (Å²) < 4.78 is 0. The van der Waals surface area contributed by atoms with E-state index >= 15 is 0 Å². The Balaban J connectivity index is 0.00000225. The normalized spacial score (nSPS) is 21.7. The van der Waals surface area contributed by atoms with E-state index in [4.69, 9.17) is 4.99 Å². The van der Waals surface area contributed by atoms with Crippen molar-refractivity contribution in [3.05, 3.63) is 30.3 Å². The lowest BCUT2D eigenvalue weighted by Gasteiger charge is -2.25. The second-order valence-electron chi connectivity index (χ2n) is 7.14. The van der Waals surface area contributed by atoms with Crippen LogP contribution in [0, 0.1) is 5.92 Å². The molecular formula is C20H33IN4. The summed E-state index contributed by atoms with van der Waals surface area (Å²) in [5.74, 6) is 1.68. The minimum Gasteiger partial charge on any atom is -0.371 e. The van der Waals surface area contributed by atoms with Crippen LogP contribution in [0.2, 0.25) is 0 Å². The molecule has 1 aromatic rings. The molecule has 0 amide bonds. The maximum atomic E-state index is 4.89. The third kappa shape index (κ3) is 6.35. The summed E-state index contributed by atoms with van der Waals surface area (Å²) in [6.07, 6.45) is 7.91. The molecule has 4 nitrogen and oxygen atoms in total. The van der Waals surface area contributed by atoms with Gasteiger partial charge in [0.15, 0.2) is 5.96 Å². The number of aliphatic imine (C=N–C) groups is 1.